The zero-order chi connectivity index (χ0) is 9.80. The van der Waals surface area contributed by atoms with Gasteiger partial charge in [0, 0.05) is 37.2 Å². The second-order valence-electron chi connectivity index (χ2n) is 3.71. The quantitative estimate of drug-likeness (QED) is 0.808. The lowest BCUT2D eigenvalue weighted by molar-refractivity contribution is 0.470. The molecule has 2 rings (SSSR count). The summed E-state index contributed by atoms with van der Waals surface area (Å²) in [5.74, 6) is 0. The van der Waals surface area contributed by atoms with Gasteiger partial charge in [0.25, 0.3) is 0 Å². The molecule has 0 aromatic carbocycles. The topological polar surface area (TPSA) is 49.8 Å². The van der Waals surface area contributed by atoms with Crippen LogP contribution in [0.4, 0.5) is 0 Å². The molecule has 2 atom stereocenters. The van der Waals surface area contributed by atoms with Crippen molar-refractivity contribution >= 4 is 12.4 Å². The molecule has 1 saturated heterocycles. The Hall–Kier alpha value is -0.710. The fourth-order valence-electron chi connectivity index (χ4n) is 1.77. The van der Waals surface area contributed by atoms with E-state index in [1.807, 2.05) is 6.20 Å². The van der Waals surface area contributed by atoms with Crippen LogP contribution in [0.2, 0.25) is 0 Å². The highest BCUT2D eigenvalue weighted by Crippen LogP contribution is 2.10. The molecule has 2 N–H and O–H groups in total. The first-order valence-corrected chi connectivity index (χ1v) is 5.09. The van der Waals surface area contributed by atoms with E-state index in [9.17, 15) is 0 Å². The molecule has 1 unspecified atom stereocenters. The highest BCUT2D eigenvalue weighted by Gasteiger charge is 2.17. The number of hydrogen-bond acceptors (Lipinski definition) is 4. The Kier molecular flexibility index (Phi) is 4.94. The van der Waals surface area contributed by atoms with Gasteiger partial charge in [0.05, 0.1) is 5.69 Å². The van der Waals surface area contributed by atoms with Crippen molar-refractivity contribution in [2.45, 2.75) is 25.4 Å². The lowest BCUT2D eigenvalue weighted by Gasteiger charge is -2.17. The van der Waals surface area contributed by atoms with Gasteiger partial charge in [-0.1, -0.05) is 0 Å². The first kappa shape index (κ1) is 12.4. The Morgan fingerprint density at radius 2 is 2.40 bits per heavy atom. The van der Waals surface area contributed by atoms with E-state index in [1.165, 1.54) is 6.42 Å². The second-order valence-corrected chi connectivity index (χ2v) is 3.71. The summed E-state index contributed by atoms with van der Waals surface area (Å²) in [5, 5.41) is 6.86. The van der Waals surface area contributed by atoms with E-state index in [0.29, 0.717) is 6.04 Å². The van der Waals surface area contributed by atoms with Crippen LogP contribution in [0, 0.1) is 0 Å². The van der Waals surface area contributed by atoms with Crippen molar-refractivity contribution in [2.24, 2.45) is 0 Å². The summed E-state index contributed by atoms with van der Waals surface area (Å²) in [6.45, 7) is 4.30. The number of halogens is 1. The molecule has 15 heavy (non-hydrogen) atoms. The third-order valence-corrected chi connectivity index (χ3v) is 2.57. The molecule has 0 bridgehead atoms. The van der Waals surface area contributed by atoms with E-state index in [0.717, 1.165) is 18.8 Å². The molecular weight excluding hydrogens is 212 g/mol. The Morgan fingerprint density at radius 1 is 1.53 bits per heavy atom. The van der Waals surface area contributed by atoms with Crippen molar-refractivity contribution < 1.29 is 0 Å². The summed E-state index contributed by atoms with van der Waals surface area (Å²) in [6, 6.07) is 0.862. The zero-order valence-electron chi connectivity index (χ0n) is 8.81. The third-order valence-electron chi connectivity index (χ3n) is 2.57. The third kappa shape index (κ3) is 3.41. The van der Waals surface area contributed by atoms with Crippen molar-refractivity contribution in [3.8, 4) is 0 Å². The molecule has 0 amide bonds. The molecular formula is C10H17ClN4. The molecule has 0 spiro atoms. The molecule has 1 fully saturated rings. The standard InChI is InChI=1S/C10H16N4.ClH/c1-8(10-7-12-4-5-13-10)14-9-2-3-11-6-9;/h4-5,7-9,11,14H,2-3,6H2,1H3;1H/t8?,9-;/m0./s1. The van der Waals surface area contributed by atoms with Crippen LogP contribution < -0.4 is 10.6 Å². The summed E-state index contributed by atoms with van der Waals surface area (Å²) < 4.78 is 0. The maximum absolute atomic E-state index is 4.28. The van der Waals surface area contributed by atoms with Crippen LogP contribution in [0.3, 0.4) is 0 Å². The van der Waals surface area contributed by atoms with E-state index >= 15 is 0 Å². The van der Waals surface area contributed by atoms with E-state index in [-0.39, 0.29) is 18.4 Å². The average molecular weight is 229 g/mol. The van der Waals surface area contributed by atoms with Gasteiger partial charge in [-0.15, -0.1) is 12.4 Å². The minimum Gasteiger partial charge on any atom is -0.315 e. The van der Waals surface area contributed by atoms with Crippen LogP contribution in [-0.2, 0) is 0 Å². The fourth-order valence-corrected chi connectivity index (χ4v) is 1.77. The summed E-state index contributed by atoms with van der Waals surface area (Å²) in [5.41, 5.74) is 1.01. The minimum atomic E-state index is 0. The van der Waals surface area contributed by atoms with Crippen LogP contribution in [0.5, 0.6) is 0 Å². The molecule has 4 nitrogen and oxygen atoms in total. The molecule has 84 valence electrons. The van der Waals surface area contributed by atoms with Crippen molar-refractivity contribution in [3.63, 3.8) is 0 Å². The Morgan fingerprint density at radius 3 is 3.00 bits per heavy atom. The number of rotatable bonds is 3. The van der Waals surface area contributed by atoms with E-state index in [4.69, 9.17) is 0 Å². The van der Waals surface area contributed by atoms with Crippen LogP contribution >= 0.6 is 12.4 Å². The summed E-state index contributed by atoms with van der Waals surface area (Å²) in [6.07, 6.45) is 6.46. The normalized spacial score (nSPS) is 22.1. The second kappa shape index (κ2) is 6.00. The summed E-state index contributed by atoms with van der Waals surface area (Å²) in [7, 11) is 0. The zero-order valence-corrected chi connectivity index (χ0v) is 9.63. The van der Waals surface area contributed by atoms with Crippen molar-refractivity contribution in [1.82, 2.24) is 20.6 Å². The lowest BCUT2D eigenvalue weighted by atomic mass is 10.2. The monoisotopic (exact) mass is 228 g/mol. The molecule has 5 heteroatoms. The molecule has 0 radical (unpaired) electrons. The van der Waals surface area contributed by atoms with Crippen LogP contribution in [0.25, 0.3) is 0 Å². The van der Waals surface area contributed by atoms with Gasteiger partial charge in [-0.25, -0.2) is 0 Å². The van der Waals surface area contributed by atoms with Gasteiger partial charge < -0.3 is 10.6 Å². The van der Waals surface area contributed by atoms with Crippen LogP contribution in [0.15, 0.2) is 18.6 Å². The van der Waals surface area contributed by atoms with Crippen molar-refractivity contribution in [2.75, 3.05) is 13.1 Å². The van der Waals surface area contributed by atoms with Gasteiger partial charge in [0.1, 0.15) is 0 Å². The van der Waals surface area contributed by atoms with E-state index < -0.39 is 0 Å². The Labute approximate surface area is 96.3 Å². The largest absolute Gasteiger partial charge is 0.315 e. The van der Waals surface area contributed by atoms with Crippen LogP contribution in [-0.4, -0.2) is 29.1 Å². The summed E-state index contributed by atoms with van der Waals surface area (Å²) >= 11 is 0. The molecule has 1 aliphatic rings. The van der Waals surface area contributed by atoms with Crippen LogP contribution in [0.1, 0.15) is 25.1 Å². The number of nitrogens with zero attached hydrogens (tertiary/aromatic N) is 2. The van der Waals surface area contributed by atoms with E-state index in [1.54, 1.807) is 12.4 Å². The number of aromatic nitrogens is 2. The summed E-state index contributed by atoms with van der Waals surface area (Å²) in [4.78, 5) is 8.34. The highest BCUT2D eigenvalue weighted by atomic mass is 35.5. The van der Waals surface area contributed by atoms with Gasteiger partial charge in [-0.3, -0.25) is 9.97 Å². The molecule has 0 saturated carbocycles. The van der Waals surface area contributed by atoms with Crippen molar-refractivity contribution in [1.29, 1.82) is 0 Å². The van der Waals surface area contributed by atoms with Crippen molar-refractivity contribution in [3.05, 3.63) is 24.3 Å². The molecule has 0 aliphatic carbocycles. The molecule has 1 aromatic rings. The molecule has 1 aromatic heterocycles. The van der Waals surface area contributed by atoms with Gasteiger partial charge in [-0.2, -0.15) is 0 Å². The fraction of sp³-hybridized carbons (Fsp3) is 0.600. The molecule has 1 aliphatic heterocycles. The maximum Gasteiger partial charge on any atom is 0.0753 e. The van der Waals surface area contributed by atoms with Gasteiger partial charge >= 0.3 is 0 Å². The predicted octanol–water partition coefficient (Wildman–Crippen LogP) is 0.911. The Bertz CT molecular complexity index is 274. The highest BCUT2D eigenvalue weighted by molar-refractivity contribution is 5.85. The first-order valence-electron chi connectivity index (χ1n) is 5.09. The average Bonchev–Trinajstić information content (AvgIpc) is 2.72. The lowest BCUT2D eigenvalue weighted by Crippen LogP contribution is -2.33. The number of hydrogen-bond donors (Lipinski definition) is 2. The van der Waals surface area contributed by atoms with E-state index in [2.05, 4.69) is 27.5 Å². The first-order chi connectivity index (χ1) is 6.86. The predicted molar refractivity (Wildman–Crippen MR) is 62.1 cm³/mol. The van der Waals surface area contributed by atoms with Gasteiger partial charge in [-0.05, 0) is 19.9 Å². The maximum atomic E-state index is 4.28. The number of nitrogens with one attached hydrogen (secondary N) is 2. The minimum absolute atomic E-state index is 0. The smallest absolute Gasteiger partial charge is 0.0753 e. The van der Waals surface area contributed by atoms with Gasteiger partial charge in [0.15, 0.2) is 0 Å². The van der Waals surface area contributed by atoms with Gasteiger partial charge in [0.2, 0.25) is 0 Å². The Balaban J connectivity index is 0.00000112. The molecule has 2 heterocycles. The SMILES string of the molecule is CC(N[C@H]1CCNC1)c1cnccn1.Cl.